The van der Waals surface area contributed by atoms with E-state index in [0.717, 1.165) is 22.6 Å². The molecule has 3 aromatic carbocycles. The molecule has 4 heteroatoms. The van der Waals surface area contributed by atoms with E-state index in [9.17, 15) is 4.79 Å². The van der Waals surface area contributed by atoms with E-state index in [2.05, 4.69) is 5.32 Å². The Morgan fingerprint density at radius 2 is 1.54 bits per heavy atom. The van der Waals surface area contributed by atoms with Crippen LogP contribution in [-0.4, -0.2) is 13.1 Å². The average molecular weight is 347 g/mol. The molecule has 0 saturated carbocycles. The summed E-state index contributed by atoms with van der Waals surface area (Å²) in [5.74, 6) is 0.478. The third-order valence-electron chi connectivity index (χ3n) is 3.98. The summed E-state index contributed by atoms with van der Waals surface area (Å²) in [6, 6.07) is 25.3. The number of carbonyl (C=O) groups is 1. The normalized spacial score (nSPS) is 10.2. The van der Waals surface area contributed by atoms with Crippen LogP contribution in [0, 0.1) is 0 Å². The largest absolute Gasteiger partial charge is 0.487 e. The van der Waals surface area contributed by atoms with Crippen molar-refractivity contribution in [1.82, 2.24) is 0 Å². The molecule has 3 rings (SSSR count). The quantitative estimate of drug-likeness (QED) is 0.631. The summed E-state index contributed by atoms with van der Waals surface area (Å²) in [5.41, 5.74) is 3.67. The molecule has 0 spiro atoms. The molecule has 26 heavy (non-hydrogen) atoms. The van der Waals surface area contributed by atoms with E-state index in [1.54, 1.807) is 12.1 Å². The SMILES string of the molecule is COC(=O)c1ccc(CNc2ccccc2OCc2ccccc2)cc1. The molecule has 4 nitrogen and oxygen atoms in total. The lowest BCUT2D eigenvalue weighted by Gasteiger charge is -2.13. The number of ether oxygens (including phenoxy) is 2. The predicted octanol–water partition coefficient (Wildman–Crippen LogP) is 4.66. The highest BCUT2D eigenvalue weighted by Crippen LogP contribution is 2.25. The summed E-state index contributed by atoms with van der Waals surface area (Å²) < 4.78 is 10.7. The Labute approximate surface area is 153 Å². The number of nitrogens with one attached hydrogen (secondary N) is 1. The van der Waals surface area contributed by atoms with Crippen molar-refractivity contribution in [2.45, 2.75) is 13.2 Å². The van der Waals surface area contributed by atoms with E-state index in [1.807, 2.05) is 66.7 Å². The van der Waals surface area contributed by atoms with Gasteiger partial charge in [0.1, 0.15) is 12.4 Å². The molecule has 0 radical (unpaired) electrons. The topological polar surface area (TPSA) is 47.6 Å². The number of hydrogen-bond acceptors (Lipinski definition) is 4. The summed E-state index contributed by atoms with van der Waals surface area (Å²) in [7, 11) is 1.38. The molecule has 0 fully saturated rings. The van der Waals surface area contributed by atoms with Gasteiger partial charge in [-0.2, -0.15) is 0 Å². The molecule has 132 valence electrons. The molecule has 3 aromatic rings. The molecule has 0 saturated heterocycles. The monoisotopic (exact) mass is 347 g/mol. The fraction of sp³-hybridized carbons (Fsp3) is 0.136. The zero-order valence-electron chi connectivity index (χ0n) is 14.6. The zero-order valence-corrected chi connectivity index (χ0v) is 14.6. The van der Waals surface area contributed by atoms with Crippen LogP contribution in [0.5, 0.6) is 5.75 Å². The molecule has 0 aliphatic heterocycles. The van der Waals surface area contributed by atoms with E-state index in [4.69, 9.17) is 9.47 Å². The lowest BCUT2D eigenvalue weighted by atomic mass is 10.1. The standard InChI is InChI=1S/C22H21NO3/c1-25-22(24)19-13-11-17(12-14-19)15-23-20-9-5-6-10-21(20)26-16-18-7-3-2-4-8-18/h2-14,23H,15-16H2,1H3. The highest BCUT2D eigenvalue weighted by molar-refractivity contribution is 5.89. The Morgan fingerprint density at radius 3 is 2.27 bits per heavy atom. The molecular weight excluding hydrogens is 326 g/mol. The Kier molecular flexibility index (Phi) is 5.88. The van der Waals surface area contributed by atoms with Gasteiger partial charge in [-0.25, -0.2) is 4.79 Å². The lowest BCUT2D eigenvalue weighted by molar-refractivity contribution is 0.0600. The Hall–Kier alpha value is -3.27. The van der Waals surface area contributed by atoms with E-state index >= 15 is 0 Å². The number of hydrogen-bond donors (Lipinski definition) is 1. The van der Waals surface area contributed by atoms with Gasteiger partial charge in [0.2, 0.25) is 0 Å². The van der Waals surface area contributed by atoms with Crippen molar-refractivity contribution in [3.05, 3.63) is 95.6 Å². The number of benzene rings is 3. The van der Waals surface area contributed by atoms with Crippen molar-refractivity contribution in [2.75, 3.05) is 12.4 Å². The maximum atomic E-state index is 11.5. The highest BCUT2D eigenvalue weighted by atomic mass is 16.5. The fourth-order valence-electron chi connectivity index (χ4n) is 2.55. The van der Waals surface area contributed by atoms with Crippen LogP contribution < -0.4 is 10.1 Å². The van der Waals surface area contributed by atoms with Crippen molar-refractivity contribution in [3.63, 3.8) is 0 Å². The van der Waals surface area contributed by atoms with E-state index < -0.39 is 0 Å². The van der Waals surface area contributed by atoms with Gasteiger partial charge in [0, 0.05) is 6.54 Å². The van der Waals surface area contributed by atoms with Gasteiger partial charge in [-0.1, -0.05) is 54.6 Å². The summed E-state index contributed by atoms with van der Waals surface area (Å²) >= 11 is 0. The van der Waals surface area contributed by atoms with Gasteiger partial charge in [0.15, 0.2) is 0 Å². The molecule has 0 atom stereocenters. The van der Waals surface area contributed by atoms with Crippen LogP contribution in [0.25, 0.3) is 0 Å². The summed E-state index contributed by atoms with van der Waals surface area (Å²) in [4.78, 5) is 11.5. The van der Waals surface area contributed by atoms with Crippen LogP contribution in [0.15, 0.2) is 78.9 Å². The maximum Gasteiger partial charge on any atom is 0.337 e. The van der Waals surface area contributed by atoms with E-state index in [-0.39, 0.29) is 5.97 Å². The second-order valence-corrected chi connectivity index (χ2v) is 5.81. The first-order chi connectivity index (χ1) is 12.8. The summed E-state index contributed by atoms with van der Waals surface area (Å²) in [5, 5.41) is 3.39. The second kappa shape index (κ2) is 8.72. The zero-order chi connectivity index (χ0) is 18.2. The van der Waals surface area contributed by atoms with Crippen molar-refractivity contribution in [2.24, 2.45) is 0 Å². The molecule has 0 heterocycles. The Bertz CT molecular complexity index is 845. The predicted molar refractivity (Wildman–Crippen MR) is 102 cm³/mol. The van der Waals surface area contributed by atoms with Crippen molar-refractivity contribution in [1.29, 1.82) is 0 Å². The number of methoxy groups -OCH3 is 1. The first kappa shape index (κ1) is 17.5. The van der Waals surface area contributed by atoms with Gasteiger partial charge < -0.3 is 14.8 Å². The van der Waals surface area contributed by atoms with Crippen LogP contribution in [0.1, 0.15) is 21.5 Å². The third kappa shape index (κ3) is 4.63. The second-order valence-electron chi connectivity index (χ2n) is 5.81. The molecule has 1 N–H and O–H groups in total. The molecule has 0 amide bonds. The minimum absolute atomic E-state index is 0.329. The first-order valence-electron chi connectivity index (χ1n) is 8.43. The number of esters is 1. The van der Waals surface area contributed by atoms with Gasteiger partial charge >= 0.3 is 5.97 Å². The number of carbonyl (C=O) groups excluding carboxylic acids is 1. The van der Waals surface area contributed by atoms with Gasteiger partial charge in [-0.15, -0.1) is 0 Å². The molecule has 0 aromatic heterocycles. The van der Waals surface area contributed by atoms with Gasteiger partial charge in [0.25, 0.3) is 0 Å². The average Bonchev–Trinajstić information content (AvgIpc) is 2.72. The van der Waals surface area contributed by atoms with Gasteiger partial charge in [0.05, 0.1) is 18.4 Å². The van der Waals surface area contributed by atoms with E-state index in [0.29, 0.717) is 18.7 Å². The minimum atomic E-state index is -0.329. The Morgan fingerprint density at radius 1 is 0.846 bits per heavy atom. The smallest absolute Gasteiger partial charge is 0.337 e. The molecule has 0 aliphatic carbocycles. The first-order valence-corrected chi connectivity index (χ1v) is 8.43. The summed E-state index contributed by atoms with van der Waals surface area (Å²) in [6.45, 7) is 1.15. The molecule has 0 unspecified atom stereocenters. The van der Waals surface area contributed by atoms with Crippen LogP contribution in [-0.2, 0) is 17.9 Å². The van der Waals surface area contributed by atoms with Crippen molar-refractivity contribution >= 4 is 11.7 Å². The van der Waals surface area contributed by atoms with Gasteiger partial charge in [-0.3, -0.25) is 0 Å². The number of anilines is 1. The lowest BCUT2D eigenvalue weighted by Crippen LogP contribution is -2.04. The minimum Gasteiger partial charge on any atom is -0.487 e. The Balaban J connectivity index is 1.62. The number of para-hydroxylation sites is 2. The maximum absolute atomic E-state index is 11.5. The van der Waals surface area contributed by atoms with Crippen LogP contribution >= 0.6 is 0 Å². The number of rotatable bonds is 7. The summed E-state index contributed by atoms with van der Waals surface area (Å²) in [6.07, 6.45) is 0. The van der Waals surface area contributed by atoms with Crippen molar-refractivity contribution in [3.8, 4) is 5.75 Å². The highest BCUT2D eigenvalue weighted by Gasteiger charge is 2.06. The fourth-order valence-corrected chi connectivity index (χ4v) is 2.55. The molecule has 0 bridgehead atoms. The third-order valence-corrected chi connectivity index (χ3v) is 3.98. The van der Waals surface area contributed by atoms with Crippen LogP contribution in [0.4, 0.5) is 5.69 Å². The van der Waals surface area contributed by atoms with E-state index in [1.165, 1.54) is 7.11 Å². The molecule has 0 aliphatic rings. The van der Waals surface area contributed by atoms with Crippen LogP contribution in [0.2, 0.25) is 0 Å². The van der Waals surface area contributed by atoms with Crippen molar-refractivity contribution < 1.29 is 14.3 Å². The van der Waals surface area contributed by atoms with Crippen LogP contribution in [0.3, 0.4) is 0 Å². The van der Waals surface area contributed by atoms with Gasteiger partial charge in [-0.05, 0) is 35.4 Å². The molecular formula is C22H21NO3.